The van der Waals surface area contributed by atoms with Crippen molar-refractivity contribution in [3.05, 3.63) is 155 Å². The van der Waals surface area contributed by atoms with Gasteiger partial charge in [0.15, 0.2) is 0 Å². The van der Waals surface area contributed by atoms with E-state index in [1.165, 1.54) is 54.9 Å². The van der Waals surface area contributed by atoms with Gasteiger partial charge in [0.2, 0.25) is 0 Å². The summed E-state index contributed by atoms with van der Waals surface area (Å²) in [6.07, 6.45) is 8.72. The van der Waals surface area contributed by atoms with Crippen molar-refractivity contribution in [3.63, 3.8) is 0 Å². The molecular weight excluding hydrogens is 482 g/mol. The van der Waals surface area contributed by atoms with E-state index in [0.717, 1.165) is 11.4 Å². The molecule has 40 heavy (non-hydrogen) atoms. The summed E-state index contributed by atoms with van der Waals surface area (Å²) in [6.45, 7) is 4.27. The Balaban J connectivity index is 1.11. The highest BCUT2D eigenvalue weighted by Gasteiger charge is 2.04. The quantitative estimate of drug-likeness (QED) is 0.199. The second-order valence-corrected chi connectivity index (χ2v) is 10.6. The van der Waals surface area contributed by atoms with Crippen LogP contribution in [0.1, 0.15) is 33.4 Å². The summed E-state index contributed by atoms with van der Waals surface area (Å²) in [4.78, 5) is 2.22. The standard InChI is InChI=1S/C39H33N/c1-28-4-16-36-26-32(10-18-34(36)24-28)8-6-30-12-20-38(21-13-30)40(3)39-22-14-31(15-23-39)7-9-33-11-19-35-25-29(2)5-17-37(35)27-33/h4-27H,1-3H3/b8-6+,9-7+. The average molecular weight is 516 g/mol. The molecule has 0 amide bonds. The molecule has 0 radical (unpaired) electrons. The SMILES string of the molecule is Cc1ccc2cc(/C=C/c3ccc(N(C)c4ccc(/C=C/c5ccc6cc(C)ccc6c5)cc4)cc3)ccc2c1. The van der Waals surface area contributed by atoms with Gasteiger partial charge in [0, 0.05) is 18.4 Å². The first-order valence-corrected chi connectivity index (χ1v) is 13.8. The van der Waals surface area contributed by atoms with E-state index in [-0.39, 0.29) is 0 Å². The van der Waals surface area contributed by atoms with Crippen LogP contribution in [0.15, 0.2) is 121 Å². The van der Waals surface area contributed by atoms with E-state index in [2.05, 4.69) is 171 Å². The third kappa shape index (κ3) is 5.75. The maximum absolute atomic E-state index is 2.24. The van der Waals surface area contributed by atoms with Gasteiger partial charge in [-0.3, -0.25) is 0 Å². The molecule has 1 nitrogen and oxygen atoms in total. The van der Waals surface area contributed by atoms with Gasteiger partial charge < -0.3 is 4.90 Å². The second-order valence-electron chi connectivity index (χ2n) is 10.6. The Hall–Kier alpha value is -4.88. The van der Waals surface area contributed by atoms with Gasteiger partial charge in [0.1, 0.15) is 0 Å². The van der Waals surface area contributed by atoms with Crippen molar-refractivity contribution in [2.75, 3.05) is 11.9 Å². The summed E-state index contributed by atoms with van der Waals surface area (Å²) in [5.41, 5.74) is 9.70. The van der Waals surface area contributed by atoms with E-state index in [0.29, 0.717) is 0 Å². The molecule has 0 aliphatic rings. The van der Waals surface area contributed by atoms with E-state index < -0.39 is 0 Å². The normalized spacial score (nSPS) is 11.7. The smallest absolute Gasteiger partial charge is 0.0408 e. The number of nitrogens with zero attached hydrogens (tertiary/aromatic N) is 1. The largest absolute Gasteiger partial charge is 0.345 e. The van der Waals surface area contributed by atoms with Crippen LogP contribution >= 0.6 is 0 Å². The molecule has 0 atom stereocenters. The maximum atomic E-state index is 2.24. The zero-order valence-corrected chi connectivity index (χ0v) is 23.3. The molecule has 0 heterocycles. The molecule has 6 aromatic rings. The van der Waals surface area contributed by atoms with E-state index in [4.69, 9.17) is 0 Å². The van der Waals surface area contributed by atoms with Crippen LogP contribution in [-0.4, -0.2) is 7.05 Å². The molecule has 0 saturated carbocycles. The minimum absolute atomic E-state index is 1.16. The topological polar surface area (TPSA) is 3.24 Å². The van der Waals surface area contributed by atoms with Gasteiger partial charge in [0.05, 0.1) is 0 Å². The van der Waals surface area contributed by atoms with Gasteiger partial charge in [-0.25, -0.2) is 0 Å². The Morgan fingerprint density at radius 2 is 0.700 bits per heavy atom. The summed E-state index contributed by atoms with van der Waals surface area (Å²) in [5.74, 6) is 0. The lowest BCUT2D eigenvalue weighted by molar-refractivity contribution is 1.21. The average Bonchev–Trinajstić information content (AvgIpc) is 2.99. The molecule has 0 aliphatic heterocycles. The molecule has 6 aromatic carbocycles. The van der Waals surface area contributed by atoms with E-state index in [1.54, 1.807) is 0 Å². The van der Waals surface area contributed by atoms with Crippen LogP contribution in [0.3, 0.4) is 0 Å². The molecular formula is C39H33N. The highest BCUT2D eigenvalue weighted by atomic mass is 15.1. The molecule has 6 rings (SSSR count). The van der Waals surface area contributed by atoms with Crippen LogP contribution in [-0.2, 0) is 0 Å². The van der Waals surface area contributed by atoms with Gasteiger partial charge in [-0.2, -0.15) is 0 Å². The summed E-state index contributed by atoms with van der Waals surface area (Å²) < 4.78 is 0. The first-order chi connectivity index (χ1) is 19.5. The number of anilines is 2. The molecule has 0 bridgehead atoms. The van der Waals surface area contributed by atoms with Crippen molar-refractivity contribution in [2.24, 2.45) is 0 Å². The highest BCUT2D eigenvalue weighted by molar-refractivity contribution is 5.87. The fourth-order valence-electron chi connectivity index (χ4n) is 5.13. The molecule has 194 valence electrons. The minimum Gasteiger partial charge on any atom is -0.345 e. The number of fused-ring (bicyclic) bond motifs is 2. The van der Waals surface area contributed by atoms with Gasteiger partial charge in [-0.1, -0.05) is 120 Å². The van der Waals surface area contributed by atoms with Gasteiger partial charge in [-0.05, 0) is 94.0 Å². The predicted molar refractivity (Wildman–Crippen MR) is 176 cm³/mol. The Morgan fingerprint density at radius 3 is 1.12 bits per heavy atom. The Bertz CT molecular complexity index is 1720. The number of hydrogen-bond donors (Lipinski definition) is 0. The van der Waals surface area contributed by atoms with Crippen molar-refractivity contribution in [1.82, 2.24) is 0 Å². The van der Waals surface area contributed by atoms with E-state index in [9.17, 15) is 0 Å². The van der Waals surface area contributed by atoms with Crippen molar-refractivity contribution in [2.45, 2.75) is 13.8 Å². The summed E-state index contributed by atoms with van der Waals surface area (Å²) in [6, 6.07) is 43.9. The monoisotopic (exact) mass is 515 g/mol. The van der Waals surface area contributed by atoms with Crippen molar-refractivity contribution < 1.29 is 0 Å². The number of hydrogen-bond acceptors (Lipinski definition) is 1. The van der Waals surface area contributed by atoms with E-state index >= 15 is 0 Å². The second kappa shape index (κ2) is 11.1. The first-order valence-electron chi connectivity index (χ1n) is 13.8. The summed E-state index contributed by atoms with van der Waals surface area (Å²) in [7, 11) is 2.11. The highest BCUT2D eigenvalue weighted by Crippen LogP contribution is 2.26. The number of rotatable bonds is 6. The zero-order valence-electron chi connectivity index (χ0n) is 23.3. The van der Waals surface area contributed by atoms with Gasteiger partial charge >= 0.3 is 0 Å². The lowest BCUT2D eigenvalue weighted by atomic mass is 10.0. The maximum Gasteiger partial charge on any atom is 0.0408 e. The molecule has 0 spiro atoms. The van der Waals surface area contributed by atoms with Crippen LogP contribution in [0.5, 0.6) is 0 Å². The van der Waals surface area contributed by atoms with Crippen LogP contribution in [0.4, 0.5) is 11.4 Å². The fourth-order valence-corrected chi connectivity index (χ4v) is 5.13. The first kappa shape index (κ1) is 25.4. The predicted octanol–water partition coefficient (Wildman–Crippen LogP) is 10.7. The Kier molecular flexibility index (Phi) is 7.04. The molecule has 0 saturated heterocycles. The third-order valence-corrected chi connectivity index (χ3v) is 7.54. The zero-order chi connectivity index (χ0) is 27.5. The van der Waals surface area contributed by atoms with Crippen molar-refractivity contribution >= 4 is 57.2 Å². The van der Waals surface area contributed by atoms with Crippen LogP contribution < -0.4 is 4.90 Å². The fraction of sp³-hybridized carbons (Fsp3) is 0.0769. The number of aryl methyl sites for hydroxylation is 2. The lowest BCUT2D eigenvalue weighted by Gasteiger charge is -2.20. The van der Waals surface area contributed by atoms with E-state index in [1.807, 2.05) is 0 Å². The molecule has 1 heteroatoms. The van der Waals surface area contributed by atoms with Crippen LogP contribution in [0.2, 0.25) is 0 Å². The summed E-state index contributed by atoms with van der Waals surface area (Å²) >= 11 is 0. The lowest BCUT2D eigenvalue weighted by Crippen LogP contribution is -2.08. The Morgan fingerprint density at radius 1 is 0.375 bits per heavy atom. The van der Waals surface area contributed by atoms with Gasteiger partial charge in [0.25, 0.3) is 0 Å². The number of benzene rings is 6. The molecule has 0 unspecified atom stereocenters. The van der Waals surface area contributed by atoms with Crippen molar-refractivity contribution in [1.29, 1.82) is 0 Å². The minimum atomic E-state index is 1.16. The van der Waals surface area contributed by atoms with Gasteiger partial charge in [-0.15, -0.1) is 0 Å². The third-order valence-electron chi connectivity index (χ3n) is 7.54. The van der Waals surface area contributed by atoms with Crippen LogP contribution in [0, 0.1) is 13.8 Å². The molecule has 0 N–H and O–H groups in total. The molecule has 0 fully saturated rings. The summed E-state index contributed by atoms with van der Waals surface area (Å²) in [5, 5.41) is 5.12. The molecule has 0 aromatic heterocycles. The van der Waals surface area contributed by atoms with Crippen molar-refractivity contribution in [3.8, 4) is 0 Å². The Labute approximate surface area is 237 Å². The van der Waals surface area contributed by atoms with Crippen LogP contribution in [0.25, 0.3) is 45.8 Å². The molecule has 0 aliphatic carbocycles.